The van der Waals surface area contributed by atoms with Crippen LogP contribution in [0.25, 0.3) is 6.08 Å². The second-order valence-electron chi connectivity index (χ2n) is 7.21. The van der Waals surface area contributed by atoms with E-state index in [9.17, 15) is 14.9 Å². The van der Waals surface area contributed by atoms with Crippen molar-refractivity contribution in [2.75, 3.05) is 7.11 Å². The third-order valence-corrected chi connectivity index (χ3v) is 5.87. The standard InChI is InChI=1S/C24H15Cl3N2O6/c1-33-21-10-14(8-19(27)22(21)34-12-13-3-2-4-16(7-13)29(31)32)9-20-24(30)35-23(28-20)15-5-6-17(25)18(26)11-15/h2-11H,12H2,1H3/b20-9-. The van der Waals surface area contributed by atoms with Crippen molar-refractivity contribution >= 4 is 58.4 Å². The van der Waals surface area contributed by atoms with Crippen molar-refractivity contribution in [2.24, 2.45) is 4.99 Å². The van der Waals surface area contributed by atoms with Crippen molar-refractivity contribution in [3.05, 3.63) is 102 Å². The van der Waals surface area contributed by atoms with E-state index in [1.807, 2.05) is 0 Å². The van der Waals surface area contributed by atoms with Gasteiger partial charge in [-0.1, -0.05) is 46.9 Å². The highest BCUT2D eigenvalue weighted by Gasteiger charge is 2.25. The number of methoxy groups -OCH3 is 1. The molecule has 0 radical (unpaired) electrons. The van der Waals surface area contributed by atoms with Gasteiger partial charge >= 0.3 is 5.97 Å². The maximum Gasteiger partial charge on any atom is 0.363 e. The Morgan fingerprint density at radius 2 is 1.86 bits per heavy atom. The molecule has 0 aliphatic carbocycles. The number of nitrogens with zero attached hydrogens (tertiary/aromatic N) is 2. The van der Waals surface area contributed by atoms with Crippen LogP contribution in [0.2, 0.25) is 15.1 Å². The van der Waals surface area contributed by atoms with Crippen LogP contribution in [0.3, 0.4) is 0 Å². The summed E-state index contributed by atoms with van der Waals surface area (Å²) < 4.78 is 16.4. The van der Waals surface area contributed by atoms with E-state index in [0.29, 0.717) is 32.5 Å². The Labute approximate surface area is 214 Å². The van der Waals surface area contributed by atoms with Crippen LogP contribution in [0, 0.1) is 10.1 Å². The van der Waals surface area contributed by atoms with Crippen molar-refractivity contribution < 1.29 is 23.9 Å². The fourth-order valence-corrected chi connectivity index (χ4v) is 3.77. The van der Waals surface area contributed by atoms with Crippen LogP contribution < -0.4 is 9.47 Å². The summed E-state index contributed by atoms with van der Waals surface area (Å²) in [5.41, 5.74) is 1.60. The fourth-order valence-electron chi connectivity index (χ4n) is 3.20. The first-order chi connectivity index (χ1) is 16.7. The molecule has 0 saturated heterocycles. The lowest BCUT2D eigenvalue weighted by Crippen LogP contribution is -2.05. The number of non-ortho nitro benzene ring substituents is 1. The van der Waals surface area contributed by atoms with Gasteiger partial charge in [0.25, 0.3) is 5.69 Å². The summed E-state index contributed by atoms with van der Waals surface area (Å²) in [6.07, 6.45) is 1.49. The van der Waals surface area contributed by atoms with Crippen molar-refractivity contribution in [3.63, 3.8) is 0 Å². The summed E-state index contributed by atoms with van der Waals surface area (Å²) in [6.45, 7) is 0.0296. The normalized spacial score (nSPS) is 14.0. The summed E-state index contributed by atoms with van der Waals surface area (Å²) in [6, 6.07) is 14.0. The Bertz CT molecular complexity index is 1400. The van der Waals surface area contributed by atoms with Gasteiger partial charge in [0.1, 0.15) is 6.61 Å². The minimum atomic E-state index is -0.646. The lowest BCUT2D eigenvalue weighted by atomic mass is 10.1. The smallest absolute Gasteiger partial charge is 0.363 e. The van der Waals surface area contributed by atoms with Gasteiger partial charge in [-0.05, 0) is 47.5 Å². The zero-order valence-electron chi connectivity index (χ0n) is 18.0. The van der Waals surface area contributed by atoms with Crippen LogP contribution in [-0.4, -0.2) is 23.9 Å². The highest BCUT2D eigenvalue weighted by atomic mass is 35.5. The average Bonchev–Trinajstić information content (AvgIpc) is 3.20. The molecule has 8 nitrogen and oxygen atoms in total. The molecule has 0 atom stereocenters. The second kappa shape index (κ2) is 10.4. The number of hydrogen-bond donors (Lipinski definition) is 0. The molecule has 1 aliphatic heterocycles. The number of cyclic esters (lactones) is 1. The second-order valence-corrected chi connectivity index (χ2v) is 8.44. The molecule has 0 amide bonds. The maximum atomic E-state index is 12.4. The average molecular weight is 534 g/mol. The Hall–Kier alpha value is -3.59. The number of halogens is 3. The van der Waals surface area contributed by atoms with Gasteiger partial charge in [-0.15, -0.1) is 0 Å². The summed E-state index contributed by atoms with van der Waals surface area (Å²) in [4.78, 5) is 27.1. The molecule has 178 valence electrons. The minimum Gasteiger partial charge on any atom is -0.493 e. The monoisotopic (exact) mass is 532 g/mol. The Morgan fingerprint density at radius 3 is 2.57 bits per heavy atom. The third kappa shape index (κ3) is 5.57. The molecule has 0 unspecified atom stereocenters. The SMILES string of the molecule is COc1cc(/C=C2\N=C(c3ccc(Cl)c(Cl)c3)OC2=O)cc(Cl)c1OCc1cccc([N+](=O)[O-])c1. The molecular weight excluding hydrogens is 519 g/mol. The Kier molecular flexibility index (Phi) is 7.25. The number of ether oxygens (including phenoxy) is 3. The maximum absolute atomic E-state index is 12.4. The van der Waals surface area contributed by atoms with E-state index in [1.54, 1.807) is 42.5 Å². The summed E-state index contributed by atoms with van der Waals surface area (Å²) in [5, 5.41) is 11.9. The van der Waals surface area contributed by atoms with Crippen molar-refractivity contribution in [2.45, 2.75) is 6.61 Å². The first-order valence-electron chi connectivity index (χ1n) is 9.97. The highest BCUT2D eigenvalue weighted by molar-refractivity contribution is 6.42. The number of hydrogen-bond acceptors (Lipinski definition) is 7. The summed E-state index contributed by atoms with van der Waals surface area (Å²) in [7, 11) is 1.44. The van der Waals surface area contributed by atoms with Gasteiger partial charge in [0.15, 0.2) is 17.2 Å². The van der Waals surface area contributed by atoms with Crippen LogP contribution in [0.15, 0.2) is 65.3 Å². The number of benzene rings is 3. The molecule has 0 spiro atoms. The van der Waals surface area contributed by atoms with Crippen LogP contribution >= 0.6 is 34.8 Å². The van der Waals surface area contributed by atoms with E-state index in [-0.39, 0.29) is 34.7 Å². The Morgan fingerprint density at radius 1 is 1.06 bits per heavy atom. The zero-order valence-corrected chi connectivity index (χ0v) is 20.2. The topological polar surface area (TPSA) is 100 Å². The van der Waals surface area contributed by atoms with E-state index in [4.69, 9.17) is 49.0 Å². The number of rotatable bonds is 7. The van der Waals surface area contributed by atoms with Crippen LogP contribution in [-0.2, 0) is 16.1 Å². The fraction of sp³-hybridized carbons (Fsp3) is 0.0833. The molecule has 1 heterocycles. The zero-order chi connectivity index (χ0) is 25.1. The number of nitro benzene ring substituents is 1. The molecule has 3 aromatic rings. The number of carbonyl (C=O) groups excluding carboxylic acids is 1. The predicted octanol–water partition coefficient (Wildman–Crippen LogP) is 6.49. The van der Waals surface area contributed by atoms with E-state index < -0.39 is 10.9 Å². The molecule has 0 bridgehead atoms. The third-order valence-electron chi connectivity index (χ3n) is 4.85. The minimum absolute atomic E-state index is 0.0296. The molecule has 1 aliphatic rings. The molecule has 0 N–H and O–H groups in total. The lowest BCUT2D eigenvalue weighted by Gasteiger charge is -2.13. The van der Waals surface area contributed by atoms with Crippen molar-refractivity contribution in [1.82, 2.24) is 0 Å². The van der Waals surface area contributed by atoms with E-state index in [1.165, 1.54) is 25.3 Å². The molecule has 11 heteroatoms. The number of aliphatic imine (C=N–C) groups is 1. The van der Waals surface area contributed by atoms with Crippen LogP contribution in [0.1, 0.15) is 16.7 Å². The van der Waals surface area contributed by atoms with Crippen molar-refractivity contribution in [1.29, 1.82) is 0 Å². The molecule has 4 rings (SSSR count). The largest absolute Gasteiger partial charge is 0.493 e. The van der Waals surface area contributed by atoms with Crippen LogP contribution in [0.4, 0.5) is 5.69 Å². The molecular formula is C24H15Cl3N2O6. The molecule has 35 heavy (non-hydrogen) atoms. The highest BCUT2D eigenvalue weighted by Crippen LogP contribution is 2.38. The van der Waals surface area contributed by atoms with E-state index >= 15 is 0 Å². The molecule has 0 fully saturated rings. The van der Waals surface area contributed by atoms with Gasteiger partial charge < -0.3 is 14.2 Å². The molecule has 3 aromatic carbocycles. The van der Waals surface area contributed by atoms with E-state index in [0.717, 1.165) is 0 Å². The lowest BCUT2D eigenvalue weighted by molar-refractivity contribution is -0.384. The first kappa shape index (κ1) is 24.5. The first-order valence-corrected chi connectivity index (χ1v) is 11.1. The Balaban J connectivity index is 1.58. The summed E-state index contributed by atoms with van der Waals surface area (Å²) in [5.74, 6) is -0.00593. The summed E-state index contributed by atoms with van der Waals surface area (Å²) >= 11 is 18.4. The van der Waals surface area contributed by atoms with Gasteiger partial charge in [0.05, 0.1) is 27.1 Å². The van der Waals surface area contributed by atoms with Crippen molar-refractivity contribution in [3.8, 4) is 11.5 Å². The van der Waals surface area contributed by atoms with Gasteiger partial charge in [0.2, 0.25) is 5.90 Å². The number of nitro groups is 1. The van der Waals surface area contributed by atoms with Gasteiger partial charge in [-0.2, -0.15) is 0 Å². The quantitative estimate of drug-likeness (QED) is 0.149. The van der Waals surface area contributed by atoms with Gasteiger partial charge in [0, 0.05) is 17.7 Å². The van der Waals surface area contributed by atoms with Crippen LogP contribution in [0.5, 0.6) is 11.5 Å². The van der Waals surface area contributed by atoms with Gasteiger partial charge in [-0.3, -0.25) is 10.1 Å². The molecule has 0 saturated carbocycles. The van der Waals surface area contributed by atoms with E-state index in [2.05, 4.69) is 4.99 Å². The number of carbonyl (C=O) groups is 1. The predicted molar refractivity (Wildman–Crippen MR) is 133 cm³/mol. The van der Waals surface area contributed by atoms with Gasteiger partial charge in [-0.25, -0.2) is 9.79 Å². The molecule has 0 aromatic heterocycles. The number of esters is 1.